The van der Waals surface area contributed by atoms with E-state index in [0.29, 0.717) is 11.4 Å². The highest BCUT2D eigenvalue weighted by molar-refractivity contribution is 7.84. The molecule has 6 heteroatoms. The van der Waals surface area contributed by atoms with Crippen molar-refractivity contribution in [3.63, 3.8) is 0 Å². The smallest absolute Gasteiger partial charge is 0.270 e. The van der Waals surface area contributed by atoms with Gasteiger partial charge in [-0.05, 0) is 6.92 Å². The lowest BCUT2D eigenvalue weighted by atomic mass is 10.3. The number of amides is 1. The van der Waals surface area contributed by atoms with Gasteiger partial charge in [-0.2, -0.15) is 0 Å². The Morgan fingerprint density at radius 1 is 1.79 bits per heavy atom. The highest BCUT2D eigenvalue weighted by atomic mass is 32.2. The minimum absolute atomic E-state index is 0.0879. The molecule has 1 aromatic heterocycles. The number of hydrogen-bond donors (Lipinski definition) is 1. The monoisotopic (exact) mass is 232 g/mol. The predicted octanol–water partition coefficient (Wildman–Crippen LogP) is 0.640. The summed E-state index contributed by atoms with van der Waals surface area (Å²) in [5, 5.41) is 4.41. The van der Waals surface area contributed by atoms with Gasteiger partial charge in [0.2, 0.25) is 0 Å². The molecule has 2 atom stereocenters. The third-order valence-corrected chi connectivity index (χ3v) is 3.08. The van der Waals surface area contributed by atoms with E-state index in [1.165, 1.54) is 11.3 Å². The van der Waals surface area contributed by atoms with Crippen LogP contribution in [0.15, 0.2) is 10.9 Å². The summed E-state index contributed by atoms with van der Waals surface area (Å²) in [4.78, 5) is 15.3. The second kappa shape index (κ2) is 5.21. The second-order valence-corrected chi connectivity index (χ2v) is 5.19. The van der Waals surface area contributed by atoms with Crippen LogP contribution >= 0.6 is 11.3 Å². The van der Waals surface area contributed by atoms with Gasteiger partial charge in [-0.25, -0.2) is 4.98 Å². The summed E-state index contributed by atoms with van der Waals surface area (Å²) in [6.07, 6.45) is 1.62. The number of nitrogens with one attached hydrogen (secondary N) is 1. The lowest BCUT2D eigenvalue weighted by Gasteiger charge is -2.10. The Kier molecular flexibility index (Phi) is 4.21. The molecular formula is C8H12N2O2S2. The van der Waals surface area contributed by atoms with Crippen LogP contribution in [0.4, 0.5) is 0 Å². The minimum atomic E-state index is -0.891. The summed E-state index contributed by atoms with van der Waals surface area (Å²) >= 11 is 1.38. The van der Waals surface area contributed by atoms with Gasteiger partial charge in [0.1, 0.15) is 5.69 Å². The Morgan fingerprint density at radius 3 is 3.00 bits per heavy atom. The van der Waals surface area contributed by atoms with Gasteiger partial charge in [0.15, 0.2) is 0 Å². The van der Waals surface area contributed by atoms with E-state index in [9.17, 15) is 9.00 Å². The predicted molar refractivity (Wildman–Crippen MR) is 58.0 cm³/mol. The van der Waals surface area contributed by atoms with Crippen LogP contribution in [0.1, 0.15) is 17.4 Å². The molecule has 0 aliphatic carbocycles. The molecule has 78 valence electrons. The molecule has 0 aromatic carbocycles. The molecule has 0 saturated carbocycles. The van der Waals surface area contributed by atoms with Crippen molar-refractivity contribution < 1.29 is 9.00 Å². The SMILES string of the molecule is CC(CS(C)=O)NC(=O)c1cscn1. The fourth-order valence-corrected chi connectivity index (χ4v) is 2.34. The summed E-state index contributed by atoms with van der Waals surface area (Å²) in [6, 6.07) is -0.0879. The first kappa shape index (κ1) is 11.3. The summed E-state index contributed by atoms with van der Waals surface area (Å²) in [7, 11) is -0.891. The van der Waals surface area contributed by atoms with E-state index in [1.54, 1.807) is 17.1 Å². The van der Waals surface area contributed by atoms with Gasteiger partial charge in [-0.1, -0.05) is 0 Å². The third-order valence-electron chi connectivity index (χ3n) is 1.53. The van der Waals surface area contributed by atoms with Crippen molar-refractivity contribution in [3.05, 3.63) is 16.6 Å². The molecule has 1 N–H and O–H groups in total. The molecule has 0 fully saturated rings. The minimum Gasteiger partial charge on any atom is -0.347 e. The van der Waals surface area contributed by atoms with Gasteiger partial charge in [0, 0.05) is 34.2 Å². The average Bonchev–Trinajstić information content (AvgIpc) is 2.53. The molecular weight excluding hydrogens is 220 g/mol. The number of nitrogens with zero attached hydrogens (tertiary/aromatic N) is 1. The van der Waals surface area contributed by atoms with E-state index in [0.717, 1.165) is 0 Å². The van der Waals surface area contributed by atoms with Crippen molar-refractivity contribution in [1.29, 1.82) is 0 Å². The molecule has 1 heterocycles. The first-order valence-corrected chi connectivity index (χ1v) is 6.75. The Balaban J connectivity index is 2.45. The molecule has 2 unspecified atom stereocenters. The van der Waals surface area contributed by atoms with Crippen molar-refractivity contribution in [2.45, 2.75) is 13.0 Å². The average molecular weight is 232 g/mol. The quantitative estimate of drug-likeness (QED) is 0.828. The molecule has 4 nitrogen and oxygen atoms in total. The van der Waals surface area contributed by atoms with Gasteiger partial charge in [-0.15, -0.1) is 11.3 Å². The number of rotatable bonds is 4. The molecule has 1 amide bonds. The van der Waals surface area contributed by atoms with E-state index < -0.39 is 10.8 Å². The van der Waals surface area contributed by atoms with Crippen molar-refractivity contribution >= 4 is 28.0 Å². The van der Waals surface area contributed by atoms with Crippen LogP contribution in [0.2, 0.25) is 0 Å². The van der Waals surface area contributed by atoms with Gasteiger partial charge < -0.3 is 5.32 Å². The normalized spacial score (nSPS) is 14.7. The van der Waals surface area contributed by atoms with Crippen LogP contribution in [0, 0.1) is 0 Å². The van der Waals surface area contributed by atoms with Crippen molar-refractivity contribution in [2.75, 3.05) is 12.0 Å². The summed E-state index contributed by atoms with van der Waals surface area (Å²) in [6.45, 7) is 1.83. The van der Waals surface area contributed by atoms with E-state index >= 15 is 0 Å². The highest BCUT2D eigenvalue weighted by Gasteiger charge is 2.11. The first-order valence-electron chi connectivity index (χ1n) is 4.08. The fraction of sp³-hybridized carbons (Fsp3) is 0.500. The summed E-state index contributed by atoms with van der Waals surface area (Å²) in [5.41, 5.74) is 2.03. The molecule has 0 spiro atoms. The Morgan fingerprint density at radius 2 is 2.50 bits per heavy atom. The lowest BCUT2D eigenvalue weighted by molar-refractivity contribution is 0.0939. The Labute approximate surface area is 89.2 Å². The highest BCUT2D eigenvalue weighted by Crippen LogP contribution is 2.00. The number of aromatic nitrogens is 1. The van der Waals surface area contributed by atoms with Crippen LogP contribution in [0.3, 0.4) is 0 Å². The number of thiazole rings is 1. The molecule has 0 aliphatic heterocycles. The maximum Gasteiger partial charge on any atom is 0.270 e. The fourth-order valence-electron chi connectivity index (χ4n) is 1.02. The summed E-state index contributed by atoms with van der Waals surface area (Å²) < 4.78 is 10.9. The van der Waals surface area contributed by atoms with E-state index in [-0.39, 0.29) is 11.9 Å². The van der Waals surface area contributed by atoms with Crippen molar-refractivity contribution in [2.24, 2.45) is 0 Å². The zero-order valence-electron chi connectivity index (χ0n) is 8.02. The first-order chi connectivity index (χ1) is 6.59. The Bertz CT molecular complexity index is 324. The van der Waals surface area contributed by atoms with E-state index in [1.807, 2.05) is 6.92 Å². The molecule has 14 heavy (non-hydrogen) atoms. The standard InChI is InChI=1S/C8H12N2O2S2/c1-6(4-14(2)12)10-8(11)7-3-13-5-9-7/h3,5-6H,4H2,1-2H3,(H,10,11). The number of carbonyl (C=O) groups is 1. The van der Waals surface area contributed by atoms with Crippen LogP contribution in [-0.2, 0) is 10.8 Å². The van der Waals surface area contributed by atoms with Gasteiger partial charge in [0.25, 0.3) is 5.91 Å². The molecule has 0 radical (unpaired) electrons. The van der Waals surface area contributed by atoms with Gasteiger partial charge in [-0.3, -0.25) is 9.00 Å². The zero-order valence-corrected chi connectivity index (χ0v) is 9.65. The molecule has 1 rings (SSSR count). The number of carbonyl (C=O) groups excluding carboxylic acids is 1. The van der Waals surface area contributed by atoms with Gasteiger partial charge in [0.05, 0.1) is 5.51 Å². The van der Waals surface area contributed by atoms with Crippen LogP contribution in [0.5, 0.6) is 0 Å². The van der Waals surface area contributed by atoms with Gasteiger partial charge >= 0.3 is 0 Å². The maximum atomic E-state index is 11.4. The topological polar surface area (TPSA) is 59.1 Å². The maximum absolute atomic E-state index is 11.4. The largest absolute Gasteiger partial charge is 0.347 e. The number of hydrogen-bond acceptors (Lipinski definition) is 4. The molecule has 1 aromatic rings. The van der Waals surface area contributed by atoms with Crippen LogP contribution in [0.25, 0.3) is 0 Å². The van der Waals surface area contributed by atoms with Crippen molar-refractivity contribution in [1.82, 2.24) is 10.3 Å². The van der Waals surface area contributed by atoms with E-state index in [2.05, 4.69) is 10.3 Å². The third kappa shape index (κ3) is 3.55. The molecule has 0 aliphatic rings. The molecule has 0 bridgehead atoms. The molecule has 0 saturated heterocycles. The van der Waals surface area contributed by atoms with Crippen LogP contribution < -0.4 is 5.32 Å². The van der Waals surface area contributed by atoms with Crippen molar-refractivity contribution in [3.8, 4) is 0 Å². The van der Waals surface area contributed by atoms with Crippen LogP contribution in [-0.4, -0.2) is 33.2 Å². The van der Waals surface area contributed by atoms with E-state index in [4.69, 9.17) is 0 Å². The lowest BCUT2D eigenvalue weighted by Crippen LogP contribution is -2.36. The second-order valence-electron chi connectivity index (χ2n) is 2.99. The Hall–Kier alpha value is -0.750. The zero-order chi connectivity index (χ0) is 10.6. The summed E-state index contributed by atoms with van der Waals surface area (Å²) in [5.74, 6) is 0.264.